The lowest BCUT2D eigenvalue weighted by Gasteiger charge is -2.21. The first-order valence-electron chi connectivity index (χ1n) is 7.49. The van der Waals surface area contributed by atoms with Gasteiger partial charge in [-0.2, -0.15) is 13.2 Å². The van der Waals surface area contributed by atoms with Crippen LogP contribution in [0.25, 0.3) is 0 Å². The van der Waals surface area contributed by atoms with Crippen molar-refractivity contribution in [1.82, 2.24) is 5.32 Å². The molecule has 0 unspecified atom stereocenters. The van der Waals surface area contributed by atoms with Crippen molar-refractivity contribution in [2.45, 2.75) is 50.9 Å². The van der Waals surface area contributed by atoms with Gasteiger partial charge in [-0.25, -0.2) is 0 Å². The van der Waals surface area contributed by atoms with Gasteiger partial charge < -0.3 is 15.2 Å². The molecule has 0 bridgehead atoms. The zero-order chi connectivity index (χ0) is 17.1. The van der Waals surface area contributed by atoms with Crippen LogP contribution >= 0.6 is 0 Å². The summed E-state index contributed by atoms with van der Waals surface area (Å²) in [5.41, 5.74) is -0.168. The van der Waals surface area contributed by atoms with Crippen LogP contribution in [0.1, 0.15) is 36.8 Å². The third-order valence-electron chi connectivity index (χ3n) is 3.91. The SMILES string of the molecule is Cc1ccc(CNC(=O)C2(O)CCCC2)c(OCC(F)(F)F)c1. The van der Waals surface area contributed by atoms with Gasteiger partial charge >= 0.3 is 6.18 Å². The van der Waals surface area contributed by atoms with Crippen LogP contribution < -0.4 is 10.1 Å². The predicted molar refractivity (Wildman–Crippen MR) is 78.0 cm³/mol. The van der Waals surface area contributed by atoms with Crippen LogP contribution in [0, 0.1) is 6.92 Å². The minimum atomic E-state index is -4.43. The molecule has 1 amide bonds. The van der Waals surface area contributed by atoms with Gasteiger partial charge in [0.1, 0.15) is 11.4 Å². The largest absolute Gasteiger partial charge is 0.484 e. The highest BCUT2D eigenvalue weighted by Gasteiger charge is 2.38. The van der Waals surface area contributed by atoms with Gasteiger partial charge in [0.05, 0.1) is 0 Å². The zero-order valence-corrected chi connectivity index (χ0v) is 12.9. The summed E-state index contributed by atoms with van der Waals surface area (Å²) < 4.78 is 41.8. The highest BCUT2D eigenvalue weighted by molar-refractivity contribution is 5.85. The highest BCUT2D eigenvalue weighted by atomic mass is 19.4. The van der Waals surface area contributed by atoms with Crippen molar-refractivity contribution in [3.05, 3.63) is 29.3 Å². The Kier molecular flexibility index (Phi) is 5.19. The van der Waals surface area contributed by atoms with E-state index in [0.717, 1.165) is 18.4 Å². The van der Waals surface area contributed by atoms with E-state index in [9.17, 15) is 23.1 Å². The first-order chi connectivity index (χ1) is 10.7. The van der Waals surface area contributed by atoms with Crippen LogP contribution in [0.5, 0.6) is 5.75 Å². The van der Waals surface area contributed by atoms with Crippen LogP contribution in [-0.4, -0.2) is 29.4 Å². The second-order valence-corrected chi connectivity index (χ2v) is 5.94. The smallest absolute Gasteiger partial charge is 0.422 e. The van der Waals surface area contributed by atoms with Gasteiger partial charge in [0.25, 0.3) is 5.91 Å². The normalized spacial score (nSPS) is 17.1. The van der Waals surface area contributed by atoms with E-state index in [0.29, 0.717) is 18.4 Å². The molecule has 1 aliphatic rings. The molecule has 2 N–H and O–H groups in total. The number of hydrogen-bond donors (Lipinski definition) is 2. The van der Waals surface area contributed by atoms with E-state index < -0.39 is 24.3 Å². The van der Waals surface area contributed by atoms with Gasteiger partial charge in [0, 0.05) is 12.1 Å². The maximum atomic E-state index is 12.3. The Hall–Kier alpha value is -1.76. The molecule has 1 saturated carbocycles. The number of carbonyl (C=O) groups is 1. The lowest BCUT2D eigenvalue weighted by atomic mass is 10.0. The lowest BCUT2D eigenvalue weighted by Crippen LogP contribution is -2.44. The van der Waals surface area contributed by atoms with Crippen LogP contribution in [0.15, 0.2) is 18.2 Å². The Morgan fingerprint density at radius 2 is 2.00 bits per heavy atom. The van der Waals surface area contributed by atoms with Crippen molar-refractivity contribution in [2.75, 3.05) is 6.61 Å². The minimum Gasteiger partial charge on any atom is -0.484 e. The minimum absolute atomic E-state index is 0.00855. The number of halogens is 3. The van der Waals surface area contributed by atoms with Crippen molar-refractivity contribution < 1.29 is 27.8 Å². The predicted octanol–water partition coefficient (Wildman–Crippen LogP) is 2.86. The number of aryl methyl sites for hydroxylation is 1. The molecule has 0 atom stereocenters. The fourth-order valence-corrected chi connectivity index (χ4v) is 2.63. The average molecular weight is 331 g/mol. The van der Waals surface area contributed by atoms with Gasteiger partial charge in [-0.3, -0.25) is 4.79 Å². The second kappa shape index (κ2) is 6.78. The van der Waals surface area contributed by atoms with Crippen molar-refractivity contribution in [3.8, 4) is 5.75 Å². The van der Waals surface area contributed by atoms with Gasteiger partial charge in [0.15, 0.2) is 6.61 Å². The molecule has 0 radical (unpaired) electrons. The van der Waals surface area contributed by atoms with Gasteiger partial charge in [-0.1, -0.05) is 12.1 Å². The zero-order valence-electron chi connectivity index (χ0n) is 12.9. The molecule has 0 saturated heterocycles. The number of benzene rings is 1. The molecule has 1 aromatic carbocycles. The van der Waals surface area contributed by atoms with Gasteiger partial charge in [-0.15, -0.1) is 0 Å². The van der Waals surface area contributed by atoms with E-state index in [1.54, 1.807) is 19.1 Å². The Morgan fingerprint density at radius 1 is 1.35 bits per heavy atom. The highest BCUT2D eigenvalue weighted by Crippen LogP contribution is 2.30. The number of alkyl halides is 3. The Morgan fingerprint density at radius 3 is 2.61 bits per heavy atom. The Bertz CT molecular complexity index is 566. The number of rotatable bonds is 5. The number of hydrogen-bond acceptors (Lipinski definition) is 3. The molecule has 0 heterocycles. The van der Waals surface area contributed by atoms with Crippen LogP contribution in [0.4, 0.5) is 13.2 Å². The molecule has 4 nitrogen and oxygen atoms in total. The number of amides is 1. The molecule has 1 aliphatic carbocycles. The summed E-state index contributed by atoms with van der Waals surface area (Å²) in [6.07, 6.45) is -2.04. The van der Waals surface area contributed by atoms with Crippen LogP contribution in [0.3, 0.4) is 0 Å². The first kappa shape index (κ1) is 17.6. The molecule has 128 valence electrons. The summed E-state index contributed by atoms with van der Waals surface area (Å²) in [7, 11) is 0. The third-order valence-corrected chi connectivity index (χ3v) is 3.91. The van der Waals surface area contributed by atoms with E-state index in [1.165, 1.54) is 6.07 Å². The van der Waals surface area contributed by atoms with Crippen LogP contribution in [0.2, 0.25) is 0 Å². The topological polar surface area (TPSA) is 58.6 Å². The summed E-state index contributed by atoms with van der Waals surface area (Å²) in [4.78, 5) is 12.1. The quantitative estimate of drug-likeness (QED) is 0.872. The number of aliphatic hydroxyl groups is 1. The van der Waals surface area contributed by atoms with Crippen molar-refractivity contribution >= 4 is 5.91 Å². The molecule has 2 rings (SSSR count). The molecule has 1 aromatic rings. The Balaban J connectivity index is 2.02. The fourth-order valence-electron chi connectivity index (χ4n) is 2.63. The molecule has 0 spiro atoms. The number of ether oxygens (including phenoxy) is 1. The monoisotopic (exact) mass is 331 g/mol. The molecular formula is C16H20F3NO3. The molecule has 23 heavy (non-hydrogen) atoms. The number of nitrogens with one attached hydrogen (secondary N) is 1. The van der Waals surface area contributed by atoms with E-state index >= 15 is 0 Å². The number of carbonyl (C=O) groups excluding carboxylic acids is 1. The van der Waals surface area contributed by atoms with E-state index in [-0.39, 0.29) is 12.3 Å². The standard InChI is InChI=1S/C16H20F3NO3/c1-11-4-5-12(13(8-11)23-10-16(17,18)19)9-20-14(21)15(22)6-2-3-7-15/h4-5,8,22H,2-3,6-7,9-10H2,1H3,(H,20,21). The van der Waals surface area contributed by atoms with Crippen LogP contribution in [-0.2, 0) is 11.3 Å². The van der Waals surface area contributed by atoms with E-state index in [1.807, 2.05) is 0 Å². The summed E-state index contributed by atoms with van der Waals surface area (Å²) >= 11 is 0. The molecular weight excluding hydrogens is 311 g/mol. The summed E-state index contributed by atoms with van der Waals surface area (Å²) in [6.45, 7) is 0.361. The van der Waals surface area contributed by atoms with Gasteiger partial charge in [-0.05, 0) is 44.2 Å². The first-order valence-corrected chi connectivity index (χ1v) is 7.49. The van der Waals surface area contributed by atoms with Crippen molar-refractivity contribution in [2.24, 2.45) is 0 Å². The fraction of sp³-hybridized carbons (Fsp3) is 0.562. The van der Waals surface area contributed by atoms with E-state index in [4.69, 9.17) is 4.74 Å². The second-order valence-electron chi connectivity index (χ2n) is 5.94. The molecule has 0 aromatic heterocycles. The molecule has 1 fully saturated rings. The Labute approximate surface area is 132 Å². The third kappa shape index (κ3) is 4.86. The maximum absolute atomic E-state index is 12.3. The summed E-state index contributed by atoms with van der Waals surface area (Å²) in [6, 6.07) is 4.84. The summed E-state index contributed by atoms with van der Waals surface area (Å²) in [5, 5.41) is 12.8. The lowest BCUT2D eigenvalue weighted by molar-refractivity contribution is -0.153. The van der Waals surface area contributed by atoms with Crippen molar-refractivity contribution in [1.29, 1.82) is 0 Å². The molecule has 0 aliphatic heterocycles. The maximum Gasteiger partial charge on any atom is 0.422 e. The summed E-state index contributed by atoms with van der Waals surface area (Å²) in [5.74, 6) is -0.404. The average Bonchev–Trinajstić information content (AvgIpc) is 2.91. The van der Waals surface area contributed by atoms with Crippen molar-refractivity contribution in [3.63, 3.8) is 0 Å². The van der Waals surface area contributed by atoms with Gasteiger partial charge in [0.2, 0.25) is 0 Å². The van der Waals surface area contributed by atoms with E-state index in [2.05, 4.69) is 5.32 Å². The molecule has 7 heteroatoms.